The van der Waals surface area contributed by atoms with Gasteiger partial charge in [-0.1, -0.05) is 6.07 Å². The largest absolute Gasteiger partial charge is 0.486 e. The number of nitrogens with zero attached hydrogens (tertiary/aromatic N) is 3. The zero-order valence-corrected chi connectivity index (χ0v) is 17.1. The molecule has 1 amide bonds. The van der Waals surface area contributed by atoms with E-state index >= 15 is 0 Å². The second kappa shape index (κ2) is 8.77. The van der Waals surface area contributed by atoms with Crippen LogP contribution in [0.15, 0.2) is 42.5 Å². The summed E-state index contributed by atoms with van der Waals surface area (Å²) in [6.45, 7) is 1.10. The third-order valence-corrected chi connectivity index (χ3v) is 4.75. The molecule has 2 N–H and O–H groups in total. The first-order valence-electron chi connectivity index (χ1n) is 9.83. The van der Waals surface area contributed by atoms with E-state index in [9.17, 15) is 18.0 Å². The van der Waals surface area contributed by atoms with Gasteiger partial charge in [0.1, 0.15) is 13.2 Å². The van der Waals surface area contributed by atoms with E-state index in [1.807, 2.05) is 0 Å². The lowest BCUT2D eigenvalue weighted by Gasteiger charge is -2.18. The summed E-state index contributed by atoms with van der Waals surface area (Å²) < 4.78 is 51.7. The fourth-order valence-corrected chi connectivity index (χ4v) is 3.18. The lowest BCUT2D eigenvalue weighted by molar-refractivity contribution is -0.137. The van der Waals surface area contributed by atoms with Gasteiger partial charge < -0.3 is 20.1 Å². The Bertz CT molecular complexity index is 1130. The molecule has 168 valence electrons. The van der Waals surface area contributed by atoms with Crippen LogP contribution in [0.1, 0.15) is 12.0 Å². The van der Waals surface area contributed by atoms with E-state index in [1.165, 1.54) is 23.9 Å². The molecule has 0 atom stereocenters. The molecule has 2 heterocycles. The van der Waals surface area contributed by atoms with E-state index in [1.54, 1.807) is 18.2 Å². The SMILES string of the molecule is CNC(=O)CCn1nc(Nc2cccc(C(F)(F)F)c2)nc1-c1ccc2c(c1)OCCO2. The van der Waals surface area contributed by atoms with Gasteiger partial charge in [-0.25, -0.2) is 4.68 Å². The Balaban J connectivity index is 1.66. The molecule has 1 aromatic heterocycles. The number of rotatable bonds is 6. The van der Waals surface area contributed by atoms with Crippen molar-refractivity contribution in [2.45, 2.75) is 19.1 Å². The number of ether oxygens (including phenoxy) is 2. The van der Waals surface area contributed by atoms with Crippen LogP contribution in [0, 0.1) is 0 Å². The number of alkyl halides is 3. The van der Waals surface area contributed by atoms with Crippen molar-refractivity contribution in [3.63, 3.8) is 0 Å². The minimum absolute atomic E-state index is 0.103. The van der Waals surface area contributed by atoms with Crippen molar-refractivity contribution in [3.8, 4) is 22.9 Å². The van der Waals surface area contributed by atoms with Crippen molar-refractivity contribution in [2.75, 3.05) is 25.6 Å². The molecule has 32 heavy (non-hydrogen) atoms. The molecule has 2 aromatic carbocycles. The minimum atomic E-state index is -4.46. The number of aryl methyl sites for hydroxylation is 1. The van der Waals surface area contributed by atoms with Gasteiger partial charge in [0.05, 0.1) is 12.1 Å². The molecule has 11 heteroatoms. The second-order valence-corrected chi connectivity index (χ2v) is 6.97. The zero-order chi connectivity index (χ0) is 22.7. The third kappa shape index (κ3) is 4.76. The molecule has 0 saturated carbocycles. The van der Waals surface area contributed by atoms with Gasteiger partial charge in [-0.05, 0) is 36.4 Å². The Morgan fingerprint density at radius 1 is 1.12 bits per heavy atom. The molecule has 4 rings (SSSR count). The van der Waals surface area contributed by atoms with E-state index < -0.39 is 11.7 Å². The van der Waals surface area contributed by atoms with Crippen molar-refractivity contribution in [1.29, 1.82) is 0 Å². The van der Waals surface area contributed by atoms with Crippen LogP contribution < -0.4 is 20.1 Å². The summed E-state index contributed by atoms with van der Waals surface area (Å²) in [5.74, 6) is 1.52. The molecule has 3 aromatic rings. The highest BCUT2D eigenvalue weighted by Crippen LogP contribution is 2.35. The van der Waals surface area contributed by atoms with Crippen molar-refractivity contribution in [3.05, 3.63) is 48.0 Å². The van der Waals surface area contributed by atoms with E-state index in [0.29, 0.717) is 36.1 Å². The number of benzene rings is 2. The average Bonchev–Trinajstić information content (AvgIpc) is 3.19. The Hall–Kier alpha value is -3.76. The van der Waals surface area contributed by atoms with Crippen molar-refractivity contribution < 1.29 is 27.4 Å². The monoisotopic (exact) mass is 447 g/mol. The van der Waals surface area contributed by atoms with Crippen LogP contribution >= 0.6 is 0 Å². The lowest BCUT2D eigenvalue weighted by atomic mass is 10.2. The van der Waals surface area contributed by atoms with Crippen LogP contribution in [0.4, 0.5) is 24.8 Å². The third-order valence-electron chi connectivity index (χ3n) is 4.75. The molecule has 0 radical (unpaired) electrons. The number of hydrogen-bond donors (Lipinski definition) is 2. The number of anilines is 2. The fraction of sp³-hybridized carbons (Fsp3) is 0.286. The number of carbonyl (C=O) groups is 1. The molecule has 0 aliphatic carbocycles. The first-order valence-corrected chi connectivity index (χ1v) is 9.83. The summed E-state index contributed by atoms with van der Waals surface area (Å²) >= 11 is 0. The van der Waals surface area contributed by atoms with Gasteiger partial charge in [0.2, 0.25) is 11.9 Å². The number of amides is 1. The lowest BCUT2D eigenvalue weighted by Crippen LogP contribution is -2.20. The standard InChI is InChI=1S/C21H20F3N5O3/c1-25-18(30)7-8-29-19(13-5-6-16-17(11-13)32-10-9-31-16)27-20(28-29)26-15-4-2-3-14(12-15)21(22,23)24/h2-6,11-12H,7-10H2,1H3,(H,25,30)(H,26,28). The first-order chi connectivity index (χ1) is 15.3. The number of hydrogen-bond acceptors (Lipinski definition) is 6. The van der Waals surface area contributed by atoms with Gasteiger partial charge in [-0.2, -0.15) is 18.2 Å². The normalized spacial score (nSPS) is 13.0. The molecule has 0 unspecified atom stereocenters. The number of carbonyl (C=O) groups excluding carboxylic acids is 1. The molecule has 8 nitrogen and oxygen atoms in total. The Kier molecular flexibility index (Phi) is 5.89. The average molecular weight is 447 g/mol. The molecule has 1 aliphatic rings. The Labute approximate surface area is 181 Å². The highest BCUT2D eigenvalue weighted by Gasteiger charge is 2.30. The zero-order valence-electron chi connectivity index (χ0n) is 17.1. The Morgan fingerprint density at radius 2 is 1.91 bits per heavy atom. The Morgan fingerprint density at radius 3 is 2.66 bits per heavy atom. The van der Waals surface area contributed by atoms with E-state index in [0.717, 1.165) is 12.1 Å². The summed E-state index contributed by atoms with van der Waals surface area (Å²) in [7, 11) is 1.53. The number of nitrogens with one attached hydrogen (secondary N) is 2. The molecule has 0 fully saturated rings. The summed E-state index contributed by atoms with van der Waals surface area (Å²) in [5.41, 5.74) is 0.0707. The molecular weight excluding hydrogens is 427 g/mol. The van der Waals surface area contributed by atoms with Gasteiger partial charge in [0.15, 0.2) is 17.3 Å². The summed E-state index contributed by atoms with van der Waals surface area (Å²) in [6.07, 6.45) is -4.31. The van der Waals surface area contributed by atoms with Crippen LogP contribution in [0.5, 0.6) is 11.5 Å². The highest BCUT2D eigenvalue weighted by molar-refractivity contribution is 5.75. The number of aromatic nitrogens is 3. The van der Waals surface area contributed by atoms with Crippen LogP contribution in [0.25, 0.3) is 11.4 Å². The molecular formula is C21H20F3N5O3. The predicted molar refractivity (Wildman–Crippen MR) is 110 cm³/mol. The second-order valence-electron chi connectivity index (χ2n) is 6.97. The van der Waals surface area contributed by atoms with Crippen LogP contribution in [0.3, 0.4) is 0 Å². The summed E-state index contributed by atoms with van der Waals surface area (Å²) in [6, 6.07) is 10.0. The van der Waals surface area contributed by atoms with E-state index in [4.69, 9.17) is 9.47 Å². The first kappa shape index (κ1) is 21.5. The van der Waals surface area contributed by atoms with Crippen LogP contribution in [0.2, 0.25) is 0 Å². The maximum absolute atomic E-state index is 13.0. The molecule has 1 aliphatic heterocycles. The number of halogens is 3. The van der Waals surface area contributed by atoms with Crippen molar-refractivity contribution >= 4 is 17.5 Å². The molecule has 0 saturated heterocycles. The highest BCUT2D eigenvalue weighted by atomic mass is 19.4. The van der Waals surface area contributed by atoms with Gasteiger partial charge in [0, 0.05) is 24.7 Å². The maximum Gasteiger partial charge on any atom is 0.416 e. The van der Waals surface area contributed by atoms with Gasteiger partial charge in [0.25, 0.3) is 0 Å². The smallest absolute Gasteiger partial charge is 0.416 e. The van der Waals surface area contributed by atoms with Crippen molar-refractivity contribution in [2.24, 2.45) is 0 Å². The van der Waals surface area contributed by atoms with Gasteiger partial charge >= 0.3 is 6.18 Å². The van der Waals surface area contributed by atoms with Crippen LogP contribution in [-0.2, 0) is 17.5 Å². The quantitative estimate of drug-likeness (QED) is 0.600. The van der Waals surface area contributed by atoms with E-state index in [-0.39, 0.29) is 30.5 Å². The topological polar surface area (TPSA) is 90.3 Å². The number of fused-ring (bicyclic) bond motifs is 1. The van der Waals surface area contributed by atoms with Crippen LogP contribution in [-0.4, -0.2) is 40.9 Å². The summed E-state index contributed by atoms with van der Waals surface area (Å²) in [5, 5.41) is 9.71. The van der Waals surface area contributed by atoms with E-state index in [2.05, 4.69) is 20.7 Å². The van der Waals surface area contributed by atoms with Crippen molar-refractivity contribution in [1.82, 2.24) is 20.1 Å². The maximum atomic E-state index is 13.0. The fourth-order valence-electron chi connectivity index (χ4n) is 3.18. The minimum Gasteiger partial charge on any atom is -0.486 e. The molecule has 0 spiro atoms. The summed E-state index contributed by atoms with van der Waals surface area (Å²) in [4.78, 5) is 16.2. The van der Waals surface area contributed by atoms with Gasteiger partial charge in [-0.15, -0.1) is 5.10 Å². The molecule has 0 bridgehead atoms. The van der Waals surface area contributed by atoms with Gasteiger partial charge in [-0.3, -0.25) is 4.79 Å². The predicted octanol–water partition coefficient (Wildman–Crippen LogP) is 3.61.